The molecule has 4 rings (SSSR count). The van der Waals surface area contributed by atoms with E-state index in [2.05, 4.69) is 59.7 Å². The van der Waals surface area contributed by atoms with Crippen molar-refractivity contribution in [1.29, 1.82) is 0 Å². The summed E-state index contributed by atoms with van der Waals surface area (Å²) in [6.07, 6.45) is 1.93. The fourth-order valence-electron chi connectivity index (χ4n) is 2.75. The van der Waals surface area contributed by atoms with Crippen LogP contribution in [0, 0.1) is 6.07 Å². The second-order valence-electron chi connectivity index (χ2n) is 5.30. The van der Waals surface area contributed by atoms with E-state index < -0.39 is 0 Å². The molecule has 0 fully saturated rings. The molecule has 0 aliphatic rings. The van der Waals surface area contributed by atoms with Crippen molar-refractivity contribution in [2.75, 3.05) is 0 Å². The van der Waals surface area contributed by atoms with Gasteiger partial charge in [0.15, 0.2) is 0 Å². The minimum atomic E-state index is 0. The van der Waals surface area contributed by atoms with Crippen LogP contribution in [0.4, 0.5) is 0 Å². The van der Waals surface area contributed by atoms with Crippen molar-refractivity contribution in [2.45, 2.75) is 0 Å². The Hall–Kier alpha value is -2.48. The summed E-state index contributed by atoms with van der Waals surface area (Å²) in [5.41, 5.74) is 5.44. The van der Waals surface area contributed by atoms with Gasteiger partial charge in [-0.05, 0) is 11.3 Å². The van der Waals surface area contributed by atoms with Crippen LogP contribution in [-0.4, -0.2) is 9.78 Å². The van der Waals surface area contributed by atoms with E-state index in [9.17, 15) is 0 Å². The van der Waals surface area contributed by atoms with Gasteiger partial charge in [-0.3, -0.25) is 4.68 Å². The molecular formula is C21H15IrN2-. The molecule has 0 N–H and O–H groups in total. The molecule has 0 atom stereocenters. The van der Waals surface area contributed by atoms with Crippen LogP contribution in [0.15, 0.2) is 91.1 Å². The van der Waals surface area contributed by atoms with E-state index in [0.29, 0.717) is 0 Å². The van der Waals surface area contributed by atoms with Gasteiger partial charge in [-0.15, -0.1) is 6.07 Å². The second kappa shape index (κ2) is 7.39. The average molecular weight is 488 g/mol. The van der Waals surface area contributed by atoms with Crippen molar-refractivity contribution in [3.05, 3.63) is 97.2 Å². The zero-order chi connectivity index (χ0) is 15.5. The topological polar surface area (TPSA) is 17.8 Å². The summed E-state index contributed by atoms with van der Waals surface area (Å²) in [5.74, 6) is 0. The maximum Gasteiger partial charge on any atom is 0.0794 e. The van der Waals surface area contributed by atoms with Crippen LogP contribution in [0.3, 0.4) is 0 Å². The zero-order valence-electron chi connectivity index (χ0n) is 12.9. The molecule has 0 aliphatic carbocycles. The summed E-state index contributed by atoms with van der Waals surface area (Å²) in [7, 11) is 0. The Labute approximate surface area is 155 Å². The van der Waals surface area contributed by atoms with Gasteiger partial charge in [-0.2, -0.15) is 29.4 Å². The van der Waals surface area contributed by atoms with Crippen LogP contribution in [0.2, 0.25) is 0 Å². The Bertz CT molecular complexity index is 844. The molecule has 0 unspecified atom stereocenters. The monoisotopic (exact) mass is 488 g/mol. The molecule has 24 heavy (non-hydrogen) atoms. The number of para-hydroxylation sites is 1. The van der Waals surface area contributed by atoms with Gasteiger partial charge in [0.1, 0.15) is 0 Å². The Morgan fingerprint density at radius 2 is 1.33 bits per heavy atom. The molecule has 3 aromatic carbocycles. The van der Waals surface area contributed by atoms with Crippen LogP contribution >= 0.6 is 0 Å². The molecule has 0 aliphatic heterocycles. The van der Waals surface area contributed by atoms with Gasteiger partial charge < -0.3 is 0 Å². The van der Waals surface area contributed by atoms with Crippen LogP contribution in [-0.2, 0) is 20.1 Å². The molecular weight excluding hydrogens is 472 g/mol. The second-order valence-corrected chi connectivity index (χ2v) is 5.30. The van der Waals surface area contributed by atoms with Crippen molar-refractivity contribution in [1.82, 2.24) is 9.78 Å². The standard InChI is InChI=1S/C21H15N2.Ir/c1-4-10-17(11-5-1)20-16-22-23(19-14-8-3-9-15-19)21(20)18-12-6-2-7-13-18;/h1-14,16H;/q-1;. The zero-order valence-corrected chi connectivity index (χ0v) is 15.3. The molecule has 1 radical (unpaired) electrons. The summed E-state index contributed by atoms with van der Waals surface area (Å²) in [4.78, 5) is 0. The first-order valence-corrected chi connectivity index (χ1v) is 7.59. The quantitative estimate of drug-likeness (QED) is 0.372. The van der Waals surface area contributed by atoms with E-state index in [1.807, 2.05) is 47.3 Å². The summed E-state index contributed by atoms with van der Waals surface area (Å²) in [6.45, 7) is 0. The molecule has 0 bridgehead atoms. The fraction of sp³-hybridized carbons (Fsp3) is 0. The van der Waals surface area contributed by atoms with E-state index >= 15 is 0 Å². The number of hydrogen-bond donors (Lipinski definition) is 0. The van der Waals surface area contributed by atoms with Gasteiger partial charge in [-0.1, -0.05) is 60.7 Å². The maximum atomic E-state index is 4.62. The fourth-order valence-corrected chi connectivity index (χ4v) is 2.75. The van der Waals surface area contributed by atoms with Gasteiger partial charge in [0.25, 0.3) is 0 Å². The normalized spacial score (nSPS) is 10.2. The summed E-state index contributed by atoms with van der Waals surface area (Å²) in [6, 6.07) is 31.9. The Balaban J connectivity index is 0.00000169. The Morgan fingerprint density at radius 3 is 1.96 bits per heavy atom. The van der Waals surface area contributed by atoms with Crippen molar-refractivity contribution in [3.63, 3.8) is 0 Å². The van der Waals surface area contributed by atoms with E-state index in [1.54, 1.807) is 0 Å². The van der Waals surface area contributed by atoms with Crippen molar-refractivity contribution >= 4 is 0 Å². The summed E-state index contributed by atoms with van der Waals surface area (Å²) < 4.78 is 1.96. The van der Waals surface area contributed by atoms with Crippen LogP contribution in [0.1, 0.15) is 0 Å². The molecule has 2 nitrogen and oxygen atoms in total. The van der Waals surface area contributed by atoms with E-state index in [4.69, 9.17) is 0 Å². The number of nitrogens with zero attached hydrogens (tertiary/aromatic N) is 2. The minimum Gasteiger partial charge on any atom is -0.257 e. The van der Waals surface area contributed by atoms with E-state index in [0.717, 1.165) is 28.1 Å². The molecule has 1 aromatic heterocycles. The largest absolute Gasteiger partial charge is 0.257 e. The van der Waals surface area contributed by atoms with Gasteiger partial charge >= 0.3 is 0 Å². The molecule has 0 amide bonds. The predicted molar refractivity (Wildman–Crippen MR) is 93.3 cm³/mol. The Morgan fingerprint density at radius 1 is 0.708 bits per heavy atom. The smallest absolute Gasteiger partial charge is 0.0794 e. The maximum absolute atomic E-state index is 4.62. The van der Waals surface area contributed by atoms with Crippen LogP contribution < -0.4 is 0 Å². The summed E-state index contributed by atoms with van der Waals surface area (Å²) in [5, 5.41) is 4.62. The third-order valence-corrected chi connectivity index (χ3v) is 3.82. The van der Waals surface area contributed by atoms with Gasteiger partial charge in [0.05, 0.1) is 11.9 Å². The van der Waals surface area contributed by atoms with Crippen molar-refractivity contribution in [3.8, 4) is 28.1 Å². The SMILES string of the molecule is [Ir].[c-]1ccccc1-n1ncc(-c2ccccc2)c1-c1ccccc1. The number of aromatic nitrogens is 2. The van der Waals surface area contributed by atoms with E-state index in [1.165, 1.54) is 0 Å². The van der Waals surface area contributed by atoms with Crippen molar-refractivity contribution in [2.24, 2.45) is 0 Å². The van der Waals surface area contributed by atoms with Gasteiger partial charge in [0, 0.05) is 31.2 Å². The first kappa shape index (κ1) is 16.4. The van der Waals surface area contributed by atoms with Crippen LogP contribution in [0.25, 0.3) is 28.1 Å². The average Bonchev–Trinajstić information content (AvgIpc) is 3.09. The number of rotatable bonds is 3. The van der Waals surface area contributed by atoms with Gasteiger partial charge in [-0.25, -0.2) is 0 Å². The first-order valence-electron chi connectivity index (χ1n) is 7.59. The van der Waals surface area contributed by atoms with Crippen molar-refractivity contribution < 1.29 is 20.1 Å². The molecule has 3 heteroatoms. The molecule has 119 valence electrons. The molecule has 0 spiro atoms. The number of benzene rings is 3. The molecule has 0 saturated heterocycles. The third-order valence-electron chi connectivity index (χ3n) is 3.82. The first-order chi connectivity index (χ1) is 11.4. The summed E-state index contributed by atoms with van der Waals surface area (Å²) >= 11 is 0. The van der Waals surface area contributed by atoms with Gasteiger partial charge in [0.2, 0.25) is 0 Å². The molecule has 1 heterocycles. The minimum absolute atomic E-state index is 0. The molecule has 0 saturated carbocycles. The van der Waals surface area contributed by atoms with Crippen LogP contribution in [0.5, 0.6) is 0 Å². The predicted octanol–water partition coefficient (Wildman–Crippen LogP) is 5.00. The van der Waals surface area contributed by atoms with E-state index in [-0.39, 0.29) is 20.1 Å². The third kappa shape index (κ3) is 3.09. The number of hydrogen-bond acceptors (Lipinski definition) is 1. The molecule has 4 aromatic rings. The Kier molecular flexibility index (Phi) is 5.05.